The van der Waals surface area contributed by atoms with E-state index in [0.29, 0.717) is 45.9 Å². The Kier molecular flexibility index (Phi) is 7.81. The van der Waals surface area contributed by atoms with Crippen molar-refractivity contribution in [2.24, 2.45) is 0 Å². The van der Waals surface area contributed by atoms with Gasteiger partial charge in [0.1, 0.15) is 6.61 Å². The predicted molar refractivity (Wildman–Crippen MR) is 126 cm³/mol. The lowest BCUT2D eigenvalue weighted by Crippen LogP contribution is -2.01. The molecule has 3 rings (SSSR count). The fraction of sp³-hybridized carbons (Fsp3) is 0.125. The quantitative estimate of drug-likeness (QED) is 0.244. The van der Waals surface area contributed by atoms with Gasteiger partial charge in [0, 0.05) is 15.1 Å². The Hall–Kier alpha value is -2.45. The second-order valence-electron chi connectivity index (χ2n) is 6.33. The monoisotopic (exact) mass is 501 g/mol. The fourth-order valence-corrected chi connectivity index (χ4v) is 3.60. The van der Waals surface area contributed by atoms with E-state index in [9.17, 15) is 5.26 Å². The van der Waals surface area contributed by atoms with E-state index in [2.05, 4.69) is 22.0 Å². The van der Waals surface area contributed by atoms with Crippen molar-refractivity contribution in [2.75, 3.05) is 6.61 Å². The van der Waals surface area contributed by atoms with E-state index in [0.717, 1.165) is 15.6 Å². The van der Waals surface area contributed by atoms with Gasteiger partial charge in [-0.3, -0.25) is 0 Å². The first kappa shape index (κ1) is 22.2. The van der Waals surface area contributed by atoms with Crippen molar-refractivity contribution in [3.63, 3.8) is 0 Å². The number of hydrogen-bond acceptors (Lipinski definition) is 3. The topological polar surface area (TPSA) is 42.2 Å². The molecule has 0 unspecified atom stereocenters. The van der Waals surface area contributed by atoms with E-state index < -0.39 is 0 Å². The lowest BCUT2D eigenvalue weighted by molar-refractivity contribution is 0.269. The van der Waals surface area contributed by atoms with Crippen LogP contribution in [-0.2, 0) is 6.61 Å². The number of halogens is 3. The molecule has 0 amide bonds. The number of rotatable bonds is 7. The molecule has 0 aliphatic rings. The molecule has 0 aliphatic carbocycles. The number of nitrogens with zero attached hydrogens (tertiary/aromatic N) is 1. The van der Waals surface area contributed by atoms with Crippen LogP contribution in [0.25, 0.3) is 11.6 Å². The highest BCUT2D eigenvalue weighted by Crippen LogP contribution is 2.38. The van der Waals surface area contributed by atoms with Gasteiger partial charge in [-0.1, -0.05) is 69.5 Å². The number of nitriles is 1. The lowest BCUT2D eigenvalue weighted by atomic mass is 10.0. The van der Waals surface area contributed by atoms with Crippen molar-refractivity contribution in [1.29, 1.82) is 5.26 Å². The van der Waals surface area contributed by atoms with Gasteiger partial charge in [-0.05, 0) is 54.5 Å². The fourth-order valence-electron chi connectivity index (χ4n) is 2.83. The molecule has 0 heterocycles. The molecule has 30 heavy (non-hydrogen) atoms. The van der Waals surface area contributed by atoms with Gasteiger partial charge in [0.2, 0.25) is 0 Å². The van der Waals surface area contributed by atoms with Crippen molar-refractivity contribution in [1.82, 2.24) is 0 Å². The molecule has 152 valence electrons. The first-order valence-corrected chi connectivity index (χ1v) is 10.8. The Balaban J connectivity index is 1.93. The summed E-state index contributed by atoms with van der Waals surface area (Å²) >= 11 is 16.2. The molecule has 0 saturated carbocycles. The Morgan fingerprint density at radius 3 is 2.43 bits per heavy atom. The SMILES string of the molecule is CCOc1cc(C=C(C#N)c2ccccc2Cl)cc(Cl)c1OCc1ccc(Br)cc1. The standard InChI is InChI=1S/C24H18BrCl2NO2/c1-2-29-23-13-17(11-18(14-28)20-5-3-4-6-21(20)26)12-22(27)24(23)30-15-16-7-9-19(25)10-8-16/h3-13H,2,15H2,1H3. The third kappa shape index (κ3) is 5.58. The van der Waals surface area contributed by atoms with Crippen LogP contribution in [0.5, 0.6) is 11.5 Å². The van der Waals surface area contributed by atoms with Crippen LogP contribution in [0.1, 0.15) is 23.6 Å². The molecule has 0 bridgehead atoms. The van der Waals surface area contributed by atoms with Crippen LogP contribution in [0.15, 0.2) is 65.1 Å². The van der Waals surface area contributed by atoms with Crippen LogP contribution in [0, 0.1) is 11.3 Å². The number of allylic oxidation sites excluding steroid dienone is 1. The maximum Gasteiger partial charge on any atom is 0.180 e. The zero-order valence-corrected chi connectivity index (χ0v) is 19.3. The van der Waals surface area contributed by atoms with Gasteiger partial charge in [0.25, 0.3) is 0 Å². The van der Waals surface area contributed by atoms with Gasteiger partial charge in [-0.2, -0.15) is 5.26 Å². The Morgan fingerprint density at radius 2 is 1.77 bits per heavy atom. The molecule has 0 aliphatic heterocycles. The third-order valence-corrected chi connectivity index (χ3v) is 5.36. The molecule has 3 aromatic carbocycles. The van der Waals surface area contributed by atoms with Crippen molar-refractivity contribution < 1.29 is 9.47 Å². The number of hydrogen-bond donors (Lipinski definition) is 0. The molecule has 0 radical (unpaired) electrons. The van der Waals surface area contributed by atoms with Gasteiger partial charge in [0.15, 0.2) is 11.5 Å². The van der Waals surface area contributed by atoms with Gasteiger partial charge in [-0.25, -0.2) is 0 Å². The third-order valence-electron chi connectivity index (χ3n) is 4.22. The maximum atomic E-state index is 9.62. The highest BCUT2D eigenvalue weighted by atomic mass is 79.9. The van der Waals surface area contributed by atoms with Crippen molar-refractivity contribution in [3.05, 3.63) is 91.9 Å². The van der Waals surface area contributed by atoms with E-state index >= 15 is 0 Å². The van der Waals surface area contributed by atoms with E-state index in [1.54, 1.807) is 30.3 Å². The zero-order valence-electron chi connectivity index (χ0n) is 16.2. The molecule has 0 aromatic heterocycles. The van der Waals surface area contributed by atoms with Crippen LogP contribution in [-0.4, -0.2) is 6.61 Å². The first-order chi connectivity index (χ1) is 14.5. The predicted octanol–water partition coefficient (Wildman–Crippen LogP) is 7.80. The van der Waals surface area contributed by atoms with Crippen LogP contribution >= 0.6 is 39.1 Å². The second kappa shape index (κ2) is 10.5. The van der Waals surface area contributed by atoms with Gasteiger partial charge >= 0.3 is 0 Å². The molecule has 3 nitrogen and oxygen atoms in total. The Morgan fingerprint density at radius 1 is 1.03 bits per heavy atom. The van der Waals surface area contributed by atoms with Gasteiger partial charge < -0.3 is 9.47 Å². The maximum absolute atomic E-state index is 9.62. The van der Waals surface area contributed by atoms with E-state index in [-0.39, 0.29) is 0 Å². The van der Waals surface area contributed by atoms with E-state index in [4.69, 9.17) is 32.7 Å². The average molecular weight is 503 g/mol. The minimum absolute atomic E-state index is 0.353. The number of ether oxygens (including phenoxy) is 2. The molecule has 0 saturated heterocycles. The summed E-state index contributed by atoms with van der Waals surface area (Å²) in [6, 6.07) is 20.8. The summed E-state index contributed by atoms with van der Waals surface area (Å²) in [6.07, 6.45) is 1.73. The minimum Gasteiger partial charge on any atom is -0.490 e. The Bertz CT molecular complexity index is 1110. The van der Waals surface area contributed by atoms with Gasteiger partial charge in [0.05, 0.1) is 23.3 Å². The molecule has 0 N–H and O–H groups in total. The summed E-state index contributed by atoms with van der Waals surface area (Å²) in [4.78, 5) is 0. The van der Waals surface area contributed by atoms with E-state index in [1.165, 1.54) is 0 Å². The summed E-state index contributed by atoms with van der Waals surface area (Å²) in [5, 5.41) is 10.5. The second-order valence-corrected chi connectivity index (χ2v) is 8.06. The highest BCUT2D eigenvalue weighted by molar-refractivity contribution is 9.10. The van der Waals surface area contributed by atoms with E-state index in [1.807, 2.05) is 43.3 Å². The summed E-state index contributed by atoms with van der Waals surface area (Å²) < 4.78 is 12.7. The average Bonchev–Trinajstić information content (AvgIpc) is 2.73. The van der Waals surface area contributed by atoms with Crippen LogP contribution in [0.2, 0.25) is 10.0 Å². The molecule has 0 fully saturated rings. The molecular formula is C24H18BrCl2NO2. The van der Waals surface area contributed by atoms with Crippen LogP contribution in [0.4, 0.5) is 0 Å². The number of benzene rings is 3. The van der Waals surface area contributed by atoms with Crippen LogP contribution in [0.3, 0.4) is 0 Å². The first-order valence-electron chi connectivity index (χ1n) is 9.22. The smallest absolute Gasteiger partial charge is 0.180 e. The molecule has 6 heteroatoms. The summed E-state index contributed by atoms with van der Waals surface area (Å²) in [5.74, 6) is 0.986. The molecule has 3 aromatic rings. The van der Waals surface area contributed by atoms with Gasteiger partial charge in [-0.15, -0.1) is 0 Å². The summed E-state index contributed by atoms with van der Waals surface area (Å²) in [5.41, 5.74) is 2.82. The molecule has 0 atom stereocenters. The summed E-state index contributed by atoms with van der Waals surface area (Å²) in [6.45, 7) is 2.69. The van der Waals surface area contributed by atoms with Crippen molar-refractivity contribution >= 4 is 50.8 Å². The largest absolute Gasteiger partial charge is 0.490 e. The summed E-state index contributed by atoms with van der Waals surface area (Å²) in [7, 11) is 0. The zero-order chi connectivity index (χ0) is 21.5. The lowest BCUT2D eigenvalue weighted by Gasteiger charge is -2.15. The minimum atomic E-state index is 0.353. The van der Waals surface area contributed by atoms with Crippen LogP contribution < -0.4 is 9.47 Å². The van der Waals surface area contributed by atoms with Crippen molar-refractivity contribution in [2.45, 2.75) is 13.5 Å². The van der Waals surface area contributed by atoms with Crippen molar-refractivity contribution in [3.8, 4) is 17.6 Å². The molecule has 0 spiro atoms. The normalized spacial score (nSPS) is 11.1. The molecular weight excluding hydrogens is 485 g/mol. The highest BCUT2D eigenvalue weighted by Gasteiger charge is 2.14. The Labute approximate surface area is 194 Å².